The number of aromatic amines is 1. The first-order valence-corrected chi connectivity index (χ1v) is 9.73. The molecule has 0 spiro atoms. The van der Waals surface area contributed by atoms with Crippen LogP contribution in [0.15, 0.2) is 47.5 Å². The predicted molar refractivity (Wildman–Crippen MR) is 99.5 cm³/mol. The monoisotopic (exact) mass is 441 g/mol. The molecule has 0 saturated heterocycles. The number of nitrogens with zero attached hydrogens (tertiary/aromatic N) is 1. The number of rotatable bonds is 6. The molecule has 1 aromatic heterocycles. The van der Waals surface area contributed by atoms with Crippen LogP contribution in [-0.4, -0.2) is 20.0 Å². The molecule has 0 atom stereocenters. The minimum Gasteiger partial charge on any atom is -0.476 e. The molecule has 0 radical (unpaired) electrons. The predicted octanol–water partition coefficient (Wildman–Crippen LogP) is 4.46. The van der Waals surface area contributed by atoms with Crippen LogP contribution < -0.4 is 9.46 Å². The van der Waals surface area contributed by atoms with Gasteiger partial charge in [0.05, 0.1) is 5.69 Å². The van der Waals surface area contributed by atoms with Crippen molar-refractivity contribution >= 4 is 27.3 Å². The highest BCUT2D eigenvalue weighted by molar-refractivity contribution is 7.92. The van der Waals surface area contributed by atoms with Crippen LogP contribution in [0.1, 0.15) is 0 Å². The van der Waals surface area contributed by atoms with Gasteiger partial charge in [-0.25, -0.2) is 21.6 Å². The number of nitrogens with one attached hydrogen (secondary N) is 2. The number of halogens is 4. The Morgan fingerprint density at radius 1 is 1.10 bits per heavy atom. The molecule has 3 aromatic rings. The second-order valence-corrected chi connectivity index (χ2v) is 7.81. The van der Waals surface area contributed by atoms with E-state index in [1.54, 1.807) is 6.07 Å². The smallest absolute Gasteiger partial charge is 0.263 e. The first kappa shape index (κ1) is 20.6. The number of H-pyrrole nitrogens is 1. The third kappa shape index (κ3) is 4.47. The molecule has 6 nitrogen and oxygen atoms in total. The Hall–Kier alpha value is -3.16. The molecular weight excluding hydrogens is 431 g/mol. The summed E-state index contributed by atoms with van der Waals surface area (Å²) in [7, 11) is -4.33. The van der Waals surface area contributed by atoms with Crippen molar-refractivity contribution in [2.75, 3.05) is 11.3 Å². The van der Waals surface area contributed by atoms with Crippen LogP contribution in [-0.2, 0) is 10.0 Å². The van der Waals surface area contributed by atoms with E-state index in [2.05, 4.69) is 4.98 Å². The van der Waals surface area contributed by atoms with E-state index in [-0.39, 0.29) is 21.2 Å². The highest BCUT2D eigenvalue weighted by Crippen LogP contribution is 2.30. The van der Waals surface area contributed by atoms with Gasteiger partial charge in [-0.15, -0.1) is 0 Å². The van der Waals surface area contributed by atoms with Crippen LogP contribution in [0.25, 0.3) is 11.3 Å². The Kier molecular flexibility index (Phi) is 5.72. The van der Waals surface area contributed by atoms with Gasteiger partial charge in [-0.05, 0) is 24.3 Å². The van der Waals surface area contributed by atoms with Crippen molar-refractivity contribution in [3.63, 3.8) is 0 Å². The number of benzene rings is 2. The summed E-state index contributed by atoms with van der Waals surface area (Å²) in [6.45, 7) is -0.506. The van der Waals surface area contributed by atoms with Crippen molar-refractivity contribution in [3.05, 3.63) is 65.1 Å². The lowest BCUT2D eigenvalue weighted by Gasteiger charge is -2.10. The average molecular weight is 442 g/mol. The fourth-order valence-corrected chi connectivity index (χ4v) is 3.64. The molecule has 0 amide bonds. The summed E-state index contributed by atoms with van der Waals surface area (Å²) in [6, 6.07) is 7.69. The molecule has 29 heavy (non-hydrogen) atoms. The molecule has 0 aliphatic rings. The second kappa shape index (κ2) is 8.06. The van der Waals surface area contributed by atoms with Crippen molar-refractivity contribution < 1.29 is 26.3 Å². The van der Waals surface area contributed by atoms with Crippen LogP contribution in [0, 0.1) is 28.8 Å². The normalized spacial score (nSPS) is 11.1. The van der Waals surface area contributed by atoms with Crippen LogP contribution >= 0.6 is 11.6 Å². The molecule has 11 heteroatoms. The maximum atomic E-state index is 14.1. The average Bonchev–Trinajstić information content (AvgIpc) is 3.16. The zero-order valence-electron chi connectivity index (χ0n) is 14.3. The van der Waals surface area contributed by atoms with Gasteiger partial charge >= 0.3 is 0 Å². The summed E-state index contributed by atoms with van der Waals surface area (Å²) in [5.74, 6) is -3.34. The van der Waals surface area contributed by atoms with Crippen LogP contribution in [0.4, 0.5) is 18.9 Å². The Balaban J connectivity index is 1.89. The highest BCUT2D eigenvalue weighted by Gasteiger charge is 2.21. The van der Waals surface area contributed by atoms with E-state index < -0.39 is 45.5 Å². The van der Waals surface area contributed by atoms with E-state index in [0.717, 1.165) is 18.3 Å². The van der Waals surface area contributed by atoms with E-state index in [4.69, 9.17) is 21.6 Å². The number of aromatic nitrogens is 1. The van der Waals surface area contributed by atoms with Crippen LogP contribution in [0.5, 0.6) is 5.75 Å². The van der Waals surface area contributed by atoms with Gasteiger partial charge in [0.2, 0.25) is 0 Å². The van der Waals surface area contributed by atoms with Crippen molar-refractivity contribution in [3.8, 4) is 23.1 Å². The van der Waals surface area contributed by atoms with E-state index in [1.165, 1.54) is 12.1 Å². The third-order valence-electron chi connectivity index (χ3n) is 3.74. The summed E-state index contributed by atoms with van der Waals surface area (Å²) < 4.78 is 73.7. The summed E-state index contributed by atoms with van der Waals surface area (Å²) >= 11 is 5.83. The molecular formula is C18H11ClF3N3O3S. The quantitative estimate of drug-likeness (QED) is 0.590. The van der Waals surface area contributed by atoms with Gasteiger partial charge in [-0.1, -0.05) is 11.6 Å². The van der Waals surface area contributed by atoms with Gasteiger partial charge in [0.15, 0.2) is 24.0 Å². The molecule has 0 aliphatic carbocycles. The molecule has 2 N–H and O–H groups in total. The highest BCUT2D eigenvalue weighted by atomic mass is 35.5. The first-order valence-electron chi connectivity index (χ1n) is 7.86. The van der Waals surface area contributed by atoms with Gasteiger partial charge in [0.1, 0.15) is 16.8 Å². The topological polar surface area (TPSA) is 95.0 Å². The standard InChI is InChI=1S/C18H11ClF3N3O3S/c19-10-1-2-13(20)12(5-10)16-6-11(9-24-16)29(26,27)25-17-7-15(22)18(8-14(17)21)28-4-3-23/h1-2,5-9,24-25H,4H2. The Morgan fingerprint density at radius 2 is 1.86 bits per heavy atom. The third-order valence-corrected chi connectivity index (χ3v) is 5.32. The van der Waals surface area contributed by atoms with Gasteiger partial charge in [0.25, 0.3) is 10.0 Å². The molecule has 0 saturated carbocycles. The maximum absolute atomic E-state index is 14.1. The summed E-state index contributed by atoms with van der Waals surface area (Å²) in [5.41, 5.74) is -0.504. The molecule has 3 rings (SSSR count). The van der Waals surface area contributed by atoms with Gasteiger partial charge in [-0.2, -0.15) is 5.26 Å². The lowest BCUT2D eigenvalue weighted by molar-refractivity contribution is 0.344. The van der Waals surface area contributed by atoms with Gasteiger partial charge in [0, 0.05) is 34.6 Å². The number of nitriles is 1. The molecule has 0 aliphatic heterocycles. The summed E-state index contributed by atoms with van der Waals surface area (Å²) in [6.07, 6.45) is 1.07. The largest absolute Gasteiger partial charge is 0.476 e. The number of hydrogen-bond donors (Lipinski definition) is 2. The van der Waals surface area contributed by atoms with E-state index in [9.17, 15) is 21.6 Å². The second-order valence-electron chi connectivity index (χ2n) is 5.69. The van der Waals surface area contributed by atoms with E-state index >= 15 is 0 Å². The molecule has 1 heterocycles. The van der Waals surface area contributed by atoms with E-state index in [0.29, 0.717) is 12.1 Å². The summed E-state index contributed by atoms with van der Waals surface area (Å²) in [4.78, 5) is 2.27. The van der Waals surface area contributed by atoms with Crippen LogP contribution in [0.2, 0.25) is 5.02 Å². The lowest BCUT2D eigenvalue weighted by Crippen LogP contribution is -2.13. The van der Waals surface area contributed by atoms with Gasteiger partial charge in [-0.3, -0.25) is 4.72 Å². The van der Waals surface area contributed by atoms with E-state index in [1.807, 2.05) is 4.72 Å². The molecule has 0 fully saturated rings. The summed E-state index contributed by atoms with van der Waals surface area (Å²) in [5, 5.41) is 8.67. The SMILES string of the molecule is N#CCOc1cc(F)c(NS(=O)(=O)c2c[nH]c(-c3cc(Cl)ccc3F)c2)cc1F. The maximum Gasteiger partial charge on any atom is 0.263 e. The fraction of sp³-hybridized carbons (Fsp3) is 0.0556. The first-order chi connectivity index (χ1) is 13.7. The van der Waals surface area contributed by atoms with Crippen molar-refractivity contribution in [2.45, 2.75) is 4.90 Å². The van der Waals surface area contributed by atoms with Crippen molar-refractivity contribution in [1.29, 1.82) is 5.26 Å². The minimum absolute atomic E-state index is 0.0372. The fourth-order valence-electron chi connectivity index (χ4n) is 2.42. The number of hydrogen-bond acceptors (Lipinski definition) is 4. The number of sulfonamides is 1. The van der Waals surface area contributed by atoms with Crippen molar-refractivity contribution in [1.82, 2.24) is 4.98 Å². The molecule has 0 unspecified atom stereocenters. The Morgan fingerprint density at radius 3 is 2.59 bits per heavy atom. The molecule has 150 valence electrons. The Bertz CT molecular complexity index is 1220. The minimum atomic E-state index is -4.33. The molecule has 0 bridgehead atoms. The van der Waals surface area contributed by atoms with Crippen LogP contribution in [0.3, 0.4) is 0 Å². The molecule has 2 aromatic carbocycles. The van der Waals surface area contributed by atoms with Crippen molar-refractivity contribution in [2.24, 2.45) is 0 Å². The zero-order valence-corrected chi connectivity index (χ0v) is 15.9. The lowest BCUT2D eigenvalue weighted by atomic mass is 10.1. The number of anilines is 1. The Labute approximate surface area is 168 Å². The zero-order chi connectivity index (χ0) is 21.2. The number of ether oxygens (including phenoxy) is 1. The van der Waals surface area contributed by atoms with Gasteiger partial charge < -0.3 is 9.72 Å².